The van der Waals surface area contributed by atoms with Gasteiger partial charge in [0.2, 0.25) is 0 Å². The number of aryl methyl sites for hydroxylation is 2. The zero-order valence-corrected chi connectivity index (χ0v) is 17.9. The van der Waals surface area contributed by atoms with Crippen LogP contribution in [0.1, 0.15) is 27.2 Å². The van der Waals surface area contributed by atoms with Gasteiger partial charge in [0.25, 0.3) is 0 Å². The number of hydrogen-bond donors (Lipinski definition) is 2. The second kappa shape index (κ2) is 8.66. The van der Waals surface area contributed by atoms with Crippen LogP contribution in [-0.2, 0) is 53.8 Å². The van der Waals surface area contributed by atoms with Crippen molar-refractivity contribution in [1.29, 1.82) is 0 Å². The van der Waals surface area contributed by atoms with Crippen LogP contribution in [0.2, 0.25) is 0 Å². The molecule has 0 aliphatic rings. The summed E-state index contributed by atoms with van der Waals surface area (Å²) in [5.41, 5.74) is 8.09. The fourth-order valence-corrected chi connectivity index (χ4v) is 1.81. The van der Waals surface area contributed by atoms with Crippen LogP contribution < -0.4 is 5.73 Å². The Kier molecular flexibility index (Phi) is 8.31. The van der Waals surface area contributed by atoms with E-state index < -0.39 is 5.97 Å². The number of aromatic nitrogens is 2. The molecule has 0 fully saturated rings. The molecule has 0 saturated heterocycles. The van der Waals surface area contributed by atoms with Crippen molar-refractivity contribution in [3.8, 4) is 11.4 Å². The topological polar surface area (TPSA) is 89.1 Å². The third-order valence-corrected chi connectivity index (χ3v) is 2.82. The monoisotopic (exact) mass is 540 g/mol. The second-order valence-corrected chi connectivity index (χ2v) is 4.30. The normalized spacial score (nSPS) is 9.36. The molecule has 0 spiro atoms. The molecule has 0 amide bonds. The van der Waals surface area contributed by atoms with Gasteiger partial charge in [0.15, 0.2) is 0 Å². The van der Waals surface area contributed by atoms with Crippen LogP contribution >= 0.6 is 0 Å². The molecule has 0 unspecified atom stereocenters. The summed E-state index contributed by atoms with van der Waals surface area (Å²) in [6, 6.07) is 7.86. The Balaban J connectivity index is 0.00000220. The Morgan fingerprint density at radius 1 is 1.41 bits per heavy atom. The third kappa shape index (κ3) is 4.31. The van der Waals surface area contributed by atoms with Gasteiger partial charge >= 0.3 is 5.97 Å². The molecule has 0 saturated carbocycles. The zero-order chi connectivity index (χ0) is 14.9. The zero-order valence-electron chi connectivity index (χ0n) is 12.2. The second-order valence-electron chi connectivity index (χ2n) is 4.30. The average Bonchev–Trinajstić information content (AvgIpc) is 2.40. The van der Waals surface area contributed by atoms with Gasteiger partial charge < -0.3 is 20.8 Å². The van der Waals surface area contributed by atoms with E-state index in [2.05, 4.69) is 28.7 Å². The van der Waals surface area contributed by atoms with Gasteiger partial charge in [-0.25, -0.2) is 27.6 Å². The summed E-state index contributed by atoms with van der Waals surface area (Å²) in [7, 11) is 0. The van der Waals surface area contributed by atoms with Crippen LogP contribution in [0.15, 0.2) is 12.6 Å². The van der Waals surface area contributed by atoms with Gasteiger partial charge in [0.05, 0.1) is 0 Å². The van der Waals surface area contributed by atoms with Gasteiger partial charge in [0.1, 0.15) is 11.5 Å². The van der Waals surface area contributed by atoms with Gasteiger partial charge in [-0.15, -0.1) is 6.92 Å². The molecule has 0 aliphatic heterocycles. The number of benzene rings is 1. The van der Waals surface area contributed by atoms with Gasteiger partial charge in [-0.1, -0.05) is 19.6 Å². The maximum absolute atomic E-state index is 11.3. The summed E-state index contributed by atoms with van der Waals surface area (Å²) >= 11 is 0. The summed E-state index contributed by atoms with van der Waals surface area (Å²) in [4.78, 5) is 19.5. The van der Waals surface area contributed by atoms with E-state index in [1.165, 1.54) is 6.08 Å². The van der Waals surface area contributed by atoms with Crippen LogP contribution in [0.4, 0.5) is 5.82 Å². The molecule has 1 aromatic carbocycles. The molecule has 0 atom stereocenters. The summed E-state index contributed by atoms with van der Waals surface area (Å²) in [6.07, 6.45) is 1.34. The Bertz CT molecular complexity index is 720. The molecule has 1 heterocycles. The Morgan fingerprint density at radius 3 is 2.59 bits per heavy atom. The molecule has 2 rings (SSSR count). The first-order valence-electron chi connectivity index (χ1n) is 5.89. The largest absolute Gasteiger partial charge is 0.477 e. The Morgan fingerprint density at radius 2 is 2.05 bits per heavy atom. The smallest absolute Gasteiger partial charge is 0.353 e. The average molecular weight is 540 g/mol. The van der Waals surface area contributed by atoms with Crippen LogP contribution in [0.5, 0.6) is 0 Å². The summed E-state index contributed by atoms with van der Waals surface area (Å²) < 4.78 is 0. The fourth-order valence-electron chi connectivity index (χ4n) is 1.81. The molecule has 5 nitrogen and oxygen atoms in total. The van der Waals surface area contributed by atoms with E-state index in [1.54, 1.807) is 6.07 Å². The van der Waals surface area contributed by atoms with Gasteiger partial charge in [0, 0.05) is 59.3 Å². The molecule has 111 valence electrons. The van der Waals surface area contributed by atoms with Crippen molar-refractivity contribution in [3.05, 3.63) is 47.2 Å². The number of anilines is 1. The van der Waals surface area contributed by atoms with E-state index in [0.29, 0.717) is 5.56 Å². The molecular weight excluding hydrogens is 527 g/mol. The van der Waals surface area contributed by atoms with Crippen LogP contribution in [0.25, 0.3) is 17.5 Å². The number of aromatic carboxylic acids is 1. The van der Waals surface area contributed by atoms with Gasteiger partial charge in [-0.3, -0.25) is 12.1 Å². The van der Waals surface area contributed by atoms with Crippen molar-refractivity contribution in [3.63, 3.8) is 0 Å². The van der Waals surface area contributed by atoms with Crippen molar-refractivity contribution >= 4 is 17.9 Å². The number of nitrogens with two attached hydrogens (primary N) is 1. The summed E-state index contributed by atoms with van der Waals surface area (Å²) in [6.45, 7) is 7.22. The van der Waals surface area contributed by atoms with Crippen LogP contribution in [0.3, 0.4) is 0 Å². The molecule has 2 aromatic rings. The standard InChI is InChI=1S/C15H13N3O2.W.Y/c1-4-10-12(15(19)20)17-14(18-13(10)16)11-7-8(2)5-6-9(11)3;;/h4,6H,1H2,2-3H3,(H,19,20)(H2,16,17,18);;/q-2;;. The van der Waals surface area contributed by atoms with E-state index in [1.807, 2.05) is 13.8 Å². The fraction of sp³-hybridized carbons (Fsp3) is 0.133. The predicted molar refractivity (Wildman–Crippen MR) is 76.1 cm³/mol. The first-order chi connectivity index (χ1) is 9.43. The molecule has 1 aromatic heterocycles. The van der Waals surface area contributed by atoms with Crippen molar-refractivity contribution < 1.29 is 63.7 Å². The molecule has 7 heteroatoms. The third-order valence-electron chi connectivity index (χ3n) is 2.82. The van der Waals surface area contributed by atoms with Crippen molar-refractivity contribution in [2.24, 2.45) is 0 Å². The summed E-state index contributed by atoms with van der Waals surface area (Å²) in [5.74, 6) is -0.854. The molecule has 0 aliphatic carbocycles. The number of nitrogen functional groups attached to an aromatic ring is 1. The van der Waals surface area contributed by atoms with E-state index in [4.69, 9.17) is 5.73 Å². The Labute approximate surface area is 168 Å². The molecule has 0 bridgehead atoms. The SMILES string of the molecule is C=Cc1c(N)nc(-c2[c-]c(C)[c-]cc2C)nc1C(=O)O.[W].[Y]. The number of nitrogens with zero attached hydrogens (tertiary/aromatic N) is 2. The van der Waals surface area contributed by atoms with Crippen LogP contribution in [0, 0.1) is 26.0 Å². The van der Waals surface area contributed by atoms with E-state index >= 15 is 0 Å². The number of carboxylic acids is 1. The number of carboxylic acid groups (broad SMARTS) is 1. The first kappa shape index (κ1) is 21.1. The minimum Gasteiger partial charge on any atom is -0.477 e. The van der Waals surface area contributed by atoms with E-state index in [-0.39, 0.29) is 76.7 Å². The summed E-state index contributed by atoms with van der Waals surface area (Å²) in [5, 5.41) is 9.21. The molecule has 3 N–H and O–H groups in total. The maximum Gasteiger partial charge on any atom is 0.353 e. The van der Waals surface area contributed by atoms with Crippen molar-refractivity contribution in [2.75, 3.05) is 5.73 Å². The number of rotatable bonds is 3. The van der Waals surface area contributed by atoms with Crippen molar-refractivity contribution in [2.45, 2.75) is 13.8 Å². The minimum absolute atomic E-state index is 0. The van der Waals surface area contributed by atoms with Crippen molar-refractivity contribution in [1.82, 2.24) is 9.97 Å². The number of hydrogen-bond acceptors (Lipinski definition) is 4. The maximum atomic E-state index is 11.3. The quantitative estimate of drug-likeness (QED) is 0.584. The minimum atomic E-state index is -1.17. The van der Waals surface area contributed by atoms with E-state index in [0.717, 1.165) is 11.1 Å². The van der Waals surface area contributed by atoms with E-state index in [9.17, 15) is 9.90 Å². The van der Waals surface area contributed by atoms with Gasteiger partial charge in [-0.2, -0.15) is 0 Å². The predicted octanol–water partition coefficient (Wildman–Crippen LogP) is 2.28. The van der Waals surface area contributed by atoms with Gasteiger partial charge in [-0.05, 0) is 5.82 Å². The molecular formula is C15H13N3O2WY-2. The van der Waals surface area contributed by atoms with Crippen LogP contribution in [-0.4, -0.2) is 21.0 Å². The first-order valence-corrected chi connectivity index (χ1v) is 5.89. The number of carbonyl (C=O) groups is 1. The molecule has 22 heavy (non-hydrogen) atoms. The molecule has 1 radical (unpaired) electrons. The Hall–Kier alpha value is -0.898.